The molecule has 2 aliphatic heterocycles. The topological polar surface area (TPSA) is 85.5 Å². The molecule has 0 unspecified atom stereocenters. The molecule has 0 saturated carbocycles. The van der Waals surface area contributed by atoms with Gasteiger partial charge in [-0.3, -0.25) is 4.79 Å². The number of benzene rings is 2. The van der Waals surface area contributed by atoms with Gasteiger partial charge in [0.05, 0.1) is 0 Å². The van der Waals surface area contributed by atoms with Crippen LogP contribution in [0.4, 0.5) is 0 Å². The Kier molecular flexibility index (Phi) is 4.78. The van der Waals surface area contributed by atoms with Crippen LogP contribution in [0, 0.1) is 0 Å². The van der Waals surface area contributed by atoms with Gasteiger partial charge in [0.2, 0.25) is 11.8 Å². The van der Waals surface area contributed by atoms with E-state index in [2.05, 4.69) is 10.2 Å². The summed E-state index contributed by atoms with van der Waals surface area (Å²) in [5.41, 5.74) is 1.84. The Hall–Kier alpha value is -3.13. The van der Waals surface area contributed by atoms with Gasteiger partial charge in [-0.25, -0.2) is 4.79 Å². The van der Waals surface area contributed by atoms with Crippen molar-refractivity contribution in [2.45, 2.75) is 30.4 Å². The van der Waals surface area contributed by atoms with Gasteiger partial charge in [0.15, 0.2) is 6.61 Å². The molecule has 2 fully saturated rings. The molecule has 0 N–H and O–H groups in total. The van der Waals surface area contributed by atoms with Crippen molar-refractivity contribution in [1.82, 2.24) is 15.1 Å². The largest absolute Gasteiger partial charge is 0.454 e. The van der Waals surface area contributed by atoms with Crippen molar-refractivity contribution in [2.75, 3.05) is 5.75 Å². The molecule has 8 heteroatoms. The first kappa shape index (κ1) is 18.9. The van der Waals surface area contributed by atoms with Crippen molar-refractivity contribution < 1.29 is 18.7 Å². The fourth-order valence-electron chi connectivity index (χ4n) is 4.05. The molecule has 152 valence electrons. The van der Waals surface area contributed by atoms with Crippen molar-refractivity contribution in [3.8, 4) is 11.5 Å². The molecule has 3 aromatic rings. The summed E-state index contributed by atoms with van der Waals surface area (Å²) < 4.78 is 11.1. The summed E-state index contributed by atoms with van der Waals surface area (Å²) in [5, 5.41) is 7.96. The number of esters is 1. The minimum absolute atomic E-state index is 0.0186. The second-order valence-corrected chi connectivity index (χ2v) is 8.51. The van der Waals surface area contributed by atoms with E-state index in [1.165, 1.54) is 0 Å². The van der Waals surface area contributed by atoms with Gasteiger partial charge in [-0.1, -0.05) is 48.5 Å². The SMILES string of the molecule is O=C(OCc1nnc(-c2ccccc2)o1)[C@H]1CS[C@@]2(c3ccccc3)CCC(=O)N12. The Morgan fingerprint density at radius 3 is 2.63 bits per heavy atom. The van der Waals surface area contributed by atoms with E-state index in [-0.39, 0.29) is 18.4 Å². The second-order valence-electron chi connectivity index (χ2n) is 7.22. The van der Waals surface area contributed by atoms with E-state index in [1.807, 2.05) is 60.7 Å². The summed E-state index contributed by atoms with van der Waals surface area (Å²) in [6, 6.07) is 18.6. The molecule has 2 atom stereocenters. The molecule has 1 amide bonds. The number of fused-ring (bicyclic) bond motifs is 1. The molecular weight excluding hydrogens is 402 g/mol. The third-order valence-electron chi connectivity index (χ3n) is 5.45. The van der Waals surface area contributed by atoms with Gasteiger partial charge >= 0.3 is 5.97 Å². The van der Waals surface area contributed by atoms with Gasteiger partial charge < -0.3 is 14.1 Å². The van der Waals surface area contributed by atoms with E-state index in [0.29, 0.717) is 24.5 Å². The number of hydrogen-bond acceptors (Lipinski definition) is 7. The molecule has 5 rings (SSSR count). The average Bonchev–Trinajstić information content (AvgIpc) is 3.50. The highest BCUT2D eigenvalue weighted by Crippen LogP contribution is 2.54. The van der Waals surface area contributed by atoms with Crippen LogP contribution in [0.2, 0.25) is 0 Å². The lowest BCUT2D eigenvalue weighted by atomic mass is 10.0. The quantitative estimate of drug-likeness (QED) is 0.584. The lowest BCUT2D eigenvalue weighted by molar-refractivity contribution is -0.155. The van der Waals surface area contributed by atoms with Crippen LogP contribution in [0.25, 0.3) is 11.5 Å². The lowest BCUT2D eigenvalue weighted by Crippen LogP contribution is -2.46. The van der Waals surface area contributed by atoms with Crippen LogP contribution in [-0.4, -0.2) is 38.8 Å². The number of amides is 1. The van der Waals surface area contributed by atoms with Crippen LogP contribution < -0.4 is 0 Å². The molecule has 7 nitrogen and oxygen atoms in total. The number of thioether (sulfide) groups is 1. The third kappa shape index (κ3) is 3.17. The molecule has 0 radical (unpaired) electrons. The molecule has 0 aliphatic carbocycles. The first-order valence-corrected chi connectivity index (χ1v) is 10.7. The summed E-state index contributed by atoms with van der Waals surface area (Å²) in [4.78, 5) is 26.7. The van der Waals surface area contributed by atoms with E-state index in [9.17, 15) is 9.59 Å². The highest BCUT2D eigenvalue weighted by molar-refractivity contribution is 8.00. The Morgan fingerprint density at radius 1 is 1.13 bits per heavy atom. The van der Waals surface area contributed by atoms with E-state index in [0.717, 1.165) is 11.1 Å². The number of aromatic nitrogens is 2. The standard InChI is InChI=1S/C22H19N3O4S/c26-19-11-12-22(16-9-5-2-6-10-16)25(19)17(14-30-22)21(27)28-13-18-23-24-20(29-18)15-7-3-1-4-8-15/h1-10,17H,11-14H2/t17-,22-/m1/s1. The van der Waals surface area contributed by atoms with Crippen molar-refractivity contribution in [3.63, 3.8) is 0 Å². The Labute approximate surface area is 177 Å². The maximum absolute atomic E-state index is 12.8. The zero-order valence-electron chi connectivity index (χ0n) is 16.1. The molecule has 1 aromatic heterocycles. The summed E-state index contributed by atoms with van der Waals surface area (Å²) >= 11 is 1.63. The molecule has 30 heavy (non-hydrogen) atoms. The summed E-state index contributed by atoms with van der Waals surface area (Å²) in [6.07, 6.45) is 1.12. The van der Waals surface area contributed by atoms with E-state index >= 15 is 0 Å². The zero-order chi connectivity index (χ0) is 20.6. The number of ether oxygens (including phenoxy) is 1. The van der Waals surface area contributed by atoms with Gasteiger partial charge in [0, 0.05) is 17.7 Å². The van der Waals surface area contributed by atoms with Crippen LogP contribution in [0.5, 0.6) is 0 Å². The van der Waals surface area contributed by atoms with Crippen molar-refractivity contribution in [2.24, 2.45) is 0 Å². The normalized spacial score (nSPS) is 22.9. The molecule has 0 spiro atoms. The first-order valence-electron chi connectivity index (χ1n) is 9.73. The minimum Gasteiger partial charge on any atom is -0.454 e. The third-order valence-corrected chi connectivity index (χ3v) is 7.05. The number of nitrogens with zero attached hydrogens (tertiary/aromatic N) is 3. The smallest absolute Gasteiger partial charge is 0.330 e. The van der Waals surface area contributed by atoms with E-state index in [4.69, 9.17) is 9.15 Å². The molecule has 3 heterocycles. The van der Waals surface area contributed by atoms with Gasteiger partial charge in [-0.05, 0) is 24.1 Å². The predicted molar refractivity (Wildman–Crippen MR) is 110 cm³/mol. The number of rotatable bonds is 5. The second kappa shape index (κ2) is 7.60. The van der Waals surface area contributed by atoms with Gasteiger partial charge in [-0.15, -0.1) is 22.0 Å². The van der Waals surface area contributed by atoms with Crippen LogP contribution in [0.15, 0.2) is 65.1 Å². The highest BCUT2D eigenvalue weighted by Gasteiger charge is 2.57. The zero-order valence-corrected chi connectivity index (χ0v) is 16.9. The minimum atomic E-state index is -0.623. The molecule has 0 bridgehead atoms. The maximum atomic E-state index is 12.8. The van der Waals surface area contributed by atoms with Crippen LogP contribution >= 0.6 is 11.8 Å². The fourth-order valence-corrected chi connectivity index (χ4v) is 5.69. The summed E-state index contributed by atoms with van der Waals surface area (Å²) in [7, 11) is 0. The number of hydrogen-bond donors (Lipinski definition) is 0. The molecular formula is C22H19N3O4S. The monoisotopic (exact) mass is 421 g/mol. The van der Waals surface area contributed by atoms with Gasteiger partial charge in [-0.2, -0.15) is 0 Å². The van der Waals surface area contributed by atoms with Crippen molar-refractivity contribution in [3.05, 3.63) is 72.1 Å². The average molecular weight is 421 g/mol. The molecule has 2 saturated heterocycles. The van der Waals surface area contributed by atoms with Crippen LogP contribution in [0.3, 0.4) is 0 Å². The lowest BCUT2D eigenvalue weighted by Gasteiger charge is -2.33. The summed E-state index contributed by atoms with van der Waals surface area (Å²) in [6.45, 7) is -0.125. The predicted octanol–water partition coefficient (Wildman–Crippen LogP) is 3.37. The number of carbonyl (C=O) groups is 2. The Balaban J connectivity index is 1.29. The van der Waals surface area contributed by atoms with E-state index in [1.54, 1.807) is 16.7 Å². The maximum Gasteiger partial charge on any atom is 0.330 e. The van der Waals surface area contributed by atoms with Crippen molar-refractivity contribution in [1.29, 1.82) is 0 Å². The molecule has 2 aliphatic rings. The Morgan fingerprint density at radius 2 is 1.87 bits per heavy atom. The molecule has 2 aromatic carbocycles. The fraction of sp³-hybridized carbons (Fsp3) is 0.273. The van der Waals surface area contributed by atoms with Gasteiger partial charge in [0.25, 0.3) is 5.89 Å². The highest BCUT2D eigenvalue weighted by atomic mass is 32.2. The number of carbonyl (C=O) groups excluding carboxylic acids is 2. The van der Waals surface area contributed by atoms with E-state index < -0.39 is 16.9 Å². The van der Waals surface area contributed by atoms with Crippen LogP contribution in [-0.2, 0) is 25.8 Å². The first-order chi connectivity index (χ1) is 14.7. The van der Waals surface area contributed by atoms with Crippen molar-refractivity contribution >= 4 is 23.6 Å². The van der Waals surface area contributed by atoms with Crippen LogP contribution in [0.1, 0.15) is 24.3 Å². The van der Waals surface area contributed by atoms with Gasteiger partial charge in [0.1, 0.15) is 10.9 Å². The summed E-state index contributed by atoms with van der Waals surface area (Å²) in [5.74, 6) is 0.620. The Bertz CT molecular complexity index is 1070.